The van der Waals surface area contributed by atoms with Crippen molar-refractivity contribution in [2.24, 2.45) is 0 Å². The van der Waals surface area contributed by atoms with Gasteiger partial charge >= 0.3 is 0 Å². The number of anilines is 1. The second-order valence-electron chi connectivity index (χ2n) is 4.38. The van der Waals surface area contributed by atoms with Crippen molar-refractivity contribution in [3.8, 4) is 5.75 Å². The Kier molecular flexibility index (Phi) is 7.15. The Labute approximate surface area is 124 Å². The van der Waals surface area contributed by atoms with E-state index in [1.54, 1.807) is 6.92 Å². The van der Waals surface area contributed by atoms with Crippen LogP contribution in [-0.2, 0) is 16.0 Å². The Morgan fingerprint density at radius 2 is 2.05 bits per heavy atom. The normalized spacial score (nSPS) is 10.2. The van der Waals surface area contributed by atoms with Crippen LogP contribution in [0.3, 0.4) is 0 Å². The van der Waals surface area contributed by atoms with Crippen molar-refractivity contribution >= 4 is 28.5 Å². The van der Waals surface area contributed by atoms with Gasteiger partial charge in [-0.05, 0) is 43.5 Å². The first kappa shape index (κ1) is 16.6. The molecule has 1 aromatic rings. The fourth-order valence-electron chi connectivity index (χ4n) is 1.83. The zero-order valence-electron chi connectivity index (χ0n) is 12.2. The van der Waals surface area contributed by atoms with Gasteiger partial charge in [-0.1, -0.05) is 11.8 Å². The smallest absolute Gasteiger partial charge is 0.221 e. The lowest BCUT2D eigenvalue weighted by molar-refractivity contribution is -0.114. The van der Waals surface area contributed by atoms with Gasteiger partial charge < -0.3 is 10.1 Å². The van der Waals surface area contributed by atoms with Gasteiger partial charge in [-0.15, -0.1) is 0 Å². The van der Waals surface area contributed by atoms with Crippen LogP contribution in [0.5, 0.6) is 5.75 Å². The van der Waals surface area contributed by atoms with Gasteiger partial charge in [-0.25, -0.2) is 0 Å². The minimum Gasteiger partial charge on any atom is -0.494 e. The molecule has 5 heteroatoms. The van der Waals surface area contributed by atoms with Crippen molar-refractivity contribution in [3.05, 3.63) is 23.8 Å². The Morgan fingerprint density at radius 3 is 2.65 bits per heavy atom. The molecule has 0 bridgehead atoms. The maximum Gasteiger partial charge on any atom is 0.221 e. The minimum absolute atomic E-state index is 0.0905. The summed E-state index contributed by atoms with van der Waals surface area (Å²) in [7, 11) is 0. The van der Waals surface area contributed by atoms with Gasteiger partial charge in [-0.3, -0.25) is 9.59 Å². The standard InChI is InChI=1S/C15H21NO3S/c1-4-19-15-8-7-14(16-11(2)17)10-13(15)6-5-9-20-12(3)18/h7-8,10H,4-6,9H2,1-3H3,(H,16,17). The fraction of sp³-hybridized carbons (Fsp3) is 0.467. The van der Waals surface area contributed by atoms with Crippen molar-refractivity contribution in [3.63, 3.8) is 0 Å². The molecule has 1 aromatic carbocycles. The van der Waals surface area contributed by atoms with Crippen LogP contribution >= 0.6 is 11.8 Å². The number of rotatable bonds is 7. The van der Waals surface area contributed by atoms with Crippen molar-refractivity contribution < 1.29 is 14.3 Å². The van der Waals surface area contributed by atoms with Gasteiger partial charge in [0.15, 0.2) is 5.12 Å². The van der Waals surface area contributed by atoms with Gasteiger partial charge in [0.25, 0.3) is 0 Å². The number of ether oxygens (including phenoxy) is 1. The maximum absolute atomic E-state index is 11.1. The highest BCUT2D eigenvalue weighted by atomic mass is 32.2. The zero-order valence-corrected chi connectivity index (χ0v) is 13.0. The third-order valence-electron chi connectivity index (χ3n) is 2.58. The van der Waals surface area contributed by atoms with Gasteiger partial charge in [0.1, 0.15) is 5.75 Å². The van der Waals surface area contributed by atoms with Crippen LogP contribution in [0.25, 0.3) is 0 Å². The zero-order chi connectivity index (χ0) is 15.0. The summed E-state index contributed by atoms with van der Waals surface area (Å²) in [6.07, 6.45) is 1.72. The number of hydrogen-bond acceptors (Lipinski definition) is 4. The second kappa shape index (κ2) is 8.64. The maximum atomic E-state index is 11.1. The lowest BCUT2D eigenvalue weighted by atomic mass is 10.1. The highest BCUT2D eigenvalue weighted by Crippen LogP contribution is 2.25. The number of benzene rings is 1. The molecule has 0 fully saturated rings. The molecule has 0 atom stereocenters. The summed E-state index contributed by atoms with van der Waals surface area (Å²) in [5, 5.41) is 2.91. The van der Waals surface area contributed by atoms with E-state index in [0.29, 0.717) is 6.61 Å². The second-order valence-corrected chi connectivity index (χ2v) is 5.65. The van der Waals surface area contributed by atoms with E-state index in [-0.39, 0.29) is 11.0 Å². The van der Waals surface area contributed by atoms with Crippen LogP contribution in [0.15, 0.2) is 18.2 Å². The quantitative estimate of drug-likeness (QED) is 0.784. The molecular formula is C15H21NO3S. The fourth-order valence-corrected chi connectivity index (χ4v) is 2.41. The molecule has 4 nitrogen and oxygen atoms in total. The molecule has 0 saturated carbocycles. The Balaban J connectivity index is 2.71. The van der Waals surface area contributed by atoms with E-state index >= 15 is 0 Å². The summed E-state index contributed by atoms with van der Waals surface area (Å²) >= 11 is 1.34. The van der Waals surface area contributed by atoms with E-state index in [1.165, 1.54) is 18.7 Å². The lowest BCUT2D eigenvalue weighted by Crippen LogP contribution is -2.07. The van der Waals surface area contributed by atoms with Gasteiger partial charge in [-0.2, -0.15) is 0 Å². The van der Waals surface area contributed by atoms with E-state index in [0.717, 1.165) is 35.6 Å². The van der Waals surface area contributed by atoms with E-state index < -0.39 is 0 Å². The topological polar surface area (TPSA) is 55.4 Å². The highest BCUT2D eigenvalue weighted by Gasteiger charge is 2.06. The van der Waals surface area contributed by atoms with Gasteiger partial charge in [0.05, 0.1) is 6.61 Å². The largest absolute Gasteiger partial charge is 0.494 e. The summed E-state index contributed by atoms with van der Waals surface area (Å²) in [5.41, 5.74) is 1.83. The van der Waals surface area contributed by atoms with Gasteiger partial charge in [0, 0.05) is 25.3 Å². The molecule has 0 aliphatic rings. The number of thioether (sulfide) groups is 1. The van der Waals surface area contributed by atoms with Crippen LogP contribution < -0.4 is 10.1 Å². The Morgan fingerprint density at radius 1 is 1.30 bits per heavy atom. The number of hydrogen-bond donors (Lipinski definition) is 1. The average molecular weight is 295 g/mol. The number of carbonyl (C=O) groups is 2. The SMILES string of the molecule is CCOc1ccc(NC(C)=O)cc1CCCSC(C)=O. The monoisotopic (exact) mass is 295 g/mol. The third kappa shape index (κ3) is 6.10. The summed E-state index contributed by atoms with van der Waals surface area (Å²) in [4.78, 5) is 22.0. The van der Waals surface area contributed by atoms with Crippen molar-refractivity contribution in [1.82, 2.24) is 0 Å². The summed E-state index contributed by atoms with van der Waals surface area (Å²) in [6, 6.07) is 5.65. The number of amides is 1. The van der Waals surface area contributed by atoms with Gasteiger partial charge in [0.2, 0.25) is 5.91 Å². The highest BCUT2D eigenvalue weighted by molar-refractivity contribution is 8.13. The first-order valence-electron chi connectivity index (χ1n) is 6.69. The molecule has 20 heavy (non-hydrogen) atoms. The molecule has 110 valence electrons. The summed E-state index contributed by atoms with van der Waals surface area (Å²) < 4.78 is 5.59. The molecule has 1 N–H and O–H groups in total. The molecular weight excluding hydrogens is 274 g/mol. The molecule has 0 aliphatic heterocycles. The molecule has 0 unspecified atom stereocenters. The number of nitrogens with one attached hydrogen (secondary N) is 1. The lowest BCUT2D eigenvalue weighted by Gasteiger charge is -2.12. The Hall–Kier alpha value is -1.49. The Bertz CT molecular complexity index is 474. The first-order chi connectivity index (χ1) is 9.52. The molecule has 0 aliphatic carbocycles. The van der Waals surface area contributed by atoms with Crippen LogP contribution in [-0.4, -0.2) is 23.4 Å². The van der Waals surface area contributed by atoms with Crippen LogP contribution in [0, 0.1) is 0 Å². The predicted molar refractivity (Wildman–Crippen MR) is 83.4 cm³/mol. The number of aryl methyl sites for hydroxylation is 1. The first-order valence-corrected chi connectivity index (χ1v) is 7.68. The van der Waals surface area contributed by atoms with Crippen molar-refractivity contribution in [2.75, 3.05) is 17.7 Å². The molecule has 0 heterocycles. The van der Waals surface area contributed by atoms with Crippen LogP contribution in [0.1, 0.15) is 32.8 Å². The van der Waals surface area contributed by atoms with Crippen molar-refractivity contribution in [2.45, 2.75) is 33.6 Å². The van der Waals surface area contributed by atoms with E-state index in [2.05, 4.69) is 5.32 Å². The summed E-state index contributed by atoms with van der Waals surface area (Å²) in [6.45, 7) is 5.61. The minimum atomic E-state index is -0.0905. The predicted octanol–water partition coefficient (Wildman–Crippen LogP) is 3.26. The van der Waals surface area contributed by atoms with Crippen LogP contribution in [0.4, 0.5) is 5.69 Å². The van der Waals surface area contributed by atoms with E-state index in [1.807, 2.05) is 25.1 Å². The molecule has 1 amide bonds. The molecule has 0 spiro atoms. The number of carbonyl (C=O) groups excluding carboxylic acids is 2. The summed E-state index contributed by atoms with van der Waals surface area (Å²) in [5.74, 6) is 1.55. The van der Waals surface area contributed by atoms with Crippen LogP contribution in [0.2, 0.25) is 0 Å². The molecule has 0 saturated heterocycles. The van der Waals surface area contributed by atoms with E-state index in [9.17, 15) is 9.59 Å². The third-order valence-corrected chi connectivity index (χ3v) is 3.48. The average Bonchev–Trinajstić information content (AvgIpc) is 2.36. The van der Waals surface area contributed by atoms with E-state index in [4.69, 9.17) is 4.74 Å². The molecule has 1 rings (SSSR count). The molecule has 0 aromatic heterocycles. The van der Waals surface area contributed by atoms with Crippen molar-refractivity contribution in [1.29, 1.82) is 0 Å². The molecule has 0 radical (unpaired) electrons.